The van der Waals surface area contributed by atoms with E-state index in [1.807, 2.05) is 6.07 Å². The van der Waals surface area contributed by atoms with E-state index in [9.17, 15) is 4.79 Å². The summed E-state index contributed by atoms with van der Waals surface area (Å²) in [5.41, 5.74) is 7.65. The van der Waals surface area contributed by atoms with E-state index in [1.54, 1.807) is 0 Å². The van der Waals surface area contributed by atoms with Crippen molar-refractivity contribution in [2.24, 2.45) is 11.7 Å². The summed E-state index contributed by atoms with van der Waals surface area (Å²) in [7, 11) is 0. The molecule has 0 radical (unpaired) electrons. The Morgan fingerprint density at radius 2 is 1.85 bits per heavy atom. The van der Waals surface area contributed by atoms with Gasteiger partial charge < -0.3 is 15.8 Å². The zero-order valence-corrected chi connectivity index (χ0v) is 16.4. The van der Waals surface area contributed by atoms with Crippen molar-refractivity contribution >= 4 is 5.91 Å². The number of nitrogens with two attached hydrogens (primary N) is 1. The molecule has 1 aromatic carbocycles. The molecule has 1 amide bonds. The van der Waals surface area contributed by atoms with Crippen LogP contribution >= 0.6 is 0 Å². The third-order valence-corrected chi connectivity index (χ3v) is 5.92. The number of ether oxygens (including phenoxy) is 1. The standard InChI is InChI=1S/C22H35N3O2/c23-20-10-9-19(16-25(17-20)21-11-14-27-15-12-21)22(26)24-13-5-4-8-18-6-2-1-3-7-18/h1-3,6-7,19-21H,4-5,8-17,23H2,(H,24,26)/t19-,20+/m1/s1. The maximum atomic E-state index is 12.7. The molecule has 3 N–H and O–H groups in total. The van der Waals surface area contributed by atoms with Crippen LogP contribution in [0.5, 0.6) is 0 Å². The number of amides is 1. The van der Waals surface area contributed by atoms with Crippen LogP contribution in [0.25, 0.3) is 0 Å². The summed E-state index contributed by atoms with van der Waals surface area (Å²) < 4.78 is 5.49. The Bertz CT molecular complexity index is 560. The Balaban J connectivity index is 1.40. The molecule has 0 unspecified atom stereocenters. The second-order valence-electron chi connectivity index (χ2n) is 8.07. The van der Waals surface area contributed by atoms with Gasteiger partial charge in [0.15, 0.2) is 0 Å². The largest absolute Gasteiger partial charge is 0.381 e. The van der Waals surface area contributed by atoms with E-state index in [1.165, 1.54) is 5.56 Å². The number of aryl methyl sites for hydroxylation is 1. The van der Waals surface area contributed by atoms with Crippen LogP contribution in [0.15, 0.2) is 30.3 Å². The molecule has 2 aliphatic heterocycles. The van der Waals surface area contributed by atoms with Crippen LogP contribution in [0.2, 0.25) is 0 Å². The molecular formula is C22H35N3O2. The van der Waals surface area contributed by atoms with Crippen LogP contribution in [-0.4, -0.2) is 55.7 Å². The summed E-state index contributed by atoms with van der Waals surface area (Å²) in [5, 5.41) is 3.17. The van der Waals surface area contributed by atoms with Crippen molar-refractivity contribution in [2.75, 3.05) is 32.8 Å². The topological polar surface area (TPSA) is 67.6 Å². The van der Waals surface area contributed by atoms with Gasteiger partial charge in [0.1, 0.15) is 0 Å². The maximum Gasteiger partial charge on any atom is 0.224 e. The number of unbranched alkanes of at least 4 members (excludes halogenated alkanes) is 1. The molecule has 5 nitrogen and oxygen atoms in total. The molecule has 2 heterocycles. The van der Waals surface area contributed by atoms with Gasteiger partial charge in [0, 0.05) is 44.9 Å². The average Bonchev–Trinajstić information content (AvgIpc) is 2.91. The van der Waals surface area contributed by atoms with Crippen LogP contribution in [0.1, 0.15) is 44.1 Å². The monoisotopic (exact) mass is 373 g/mol. The molecule has 5 heteroatoms. The molecule has 2 saturated heterocycles. The molecule has 27 heavy (non-hydrogen) atoms. The van der Waals surface area contributed by atoms with Crippen molar-refractivity contribution in [2.45, 2.75) is 57.0 Å². The number of hydrogen-bond acceptors (Lipinski definition) is 4. The molecule has 1 aromatic rings. The van der Waals surface area contributed by atoms with Gasteiger partial charge in [0.2, 0.25) is 5.91 Å². The Kier molecular flexibility index (Phi) is 8.11. The number of likely N-dealkylation sites (tertiary alicyclic amines) is 1. The van der Waals surface area contributed by atoms with Gasteiger partial charge in [0.05, 0.1) is 5.92 Å². The third-order valence-electron chi connectivity index (χ3n) is 5.92. The number of benzene rings is 1. The smallest absolute Gasteiger partial charge is 0.224 e. The first-order valence-electron chi connectivity index (χ1n) is 10.6. The van der Waals surface area contributed by atoms with E-state index < -0.39 is 0 Å². The third kappa shape index (κ3) is 6.59. The Labute approximate surface area is 163 Å². The zero-order valence-electron chi connectivity index (χ0n) is 16.4. The summed E-state index contributed by atoms with van der Waals surface area (Å²) in [6, 6.07) is 11.2. The van der Waals surface area contributed by atoms with Gasteiger partial charge in [-0.3, -0.25) is 9.69 Å². The molecular weight excluding hydrogens is 338 g/mol. The van der Waals surface area contributed by atoms with Crippen LogP contribution < -0.4 is 11.1 Å². The lowest BCUT2D eigenvalue weighted by atomic mass is 10.0. The number of hydrogen-bond donors (Lipinski definition) is 2. The predicted octanol–water partition coefficient (Wildman–Crippen LogP) is 2.34. The zero-order chi connectivity index (χ0) is 18.9. The fourth-order valence-corrected chi connectivity index (χ4v) is 4.27. The molecule has 0 aromatic heterocycles. The molecule has 150 valence electrons. The highest BCUT2D eigenvalue weighted by Gasteiger charge is 2.31. The van der Waals surface area contributed by atoms with Crippen molar-refractivity contribution in [1.82, 2.24) is 10.2 Å². The summed E-state index contributed by atoms with van der Waals surface area (Å²) in [5.74, 6) is 0.274. The van der Waals surface area contributed by atoms with Crippen LogP contribution in [0.4, 0.5) is 0 Å². The molecule has 2 atom stereocenters. The van der Waals surface area contributed by atoms with Crippen molar-refractivity contribution in [1.29, 1.82) is 0 Å². The quantitative estimate of drug-likeness (QED) is 0.720. The summed E-state index contributed by atoms with van der Waals surface area (Å²) in [6.07, 6.45) is 7.15. The molecule has 0 spiro atoms. The van der Waals surface area contributed by atoms with E-state index in [4.69, 9.17) is 10.5 Å². The van der Waals surface area contributed by atoms with Crippen molar-refractivity contribution in [3.05, 3.63) is 35.9 Å². The Morgan fingerprint density at radius 1 is 1.07 bits per heavy atom. The first kappa shape index (κ1) is 20.3. The Morgan fingerprint density at radius 3 is 2.63 bits per heavy atom. The minimum Gasteiger partial charge on any atom is -0.381 e. The van der Waals surface area contributed by atoms with Gasteiger partial charge in [-0.1, -0.05) is 30.3 Å². The van der Waals surface area contributed by atoms with Gasteiger partial charge in [-0.25, -0.2) is 0 Å². The van der Waals surface area contributed by atoms with E-state index in [2.05, 4.69) is 34.5 Å². The summed E-state index contributed by atoms with van der Waals surface area (Å²) in [6.45, 7) is 4.18. The molecule has 0 bridgehead atoms. The Hall–Kier alpha value is -1.43. The molecule has 2 fully saturated rings. The lowest BCUT2D eigenvalue weighted by molar-refractivity contribution is -0.125. The second kappa shape index (κ2) is 10.8. The van der Waals surface area contributed by atoms with Crippen molar-refractivity contribution < 1.29 is 9.53 Å². The lowest BCUT2D eigenvalue weighted by Crippen LogP contribution is -2.47. The summed E-state index contributed by atoms with van der Waals surface area (Å²) >= 11 is 0. The van der Waals surface area contributed by atoms with E-state index in [0.717, 1.165) is 77.8 Å². The average molecular weight is 374 g/mol. The number of rotatable bonds is 7. The van der Waals surface area contributed by atoms with Crippen LogP contribution in [-0.2, 0) is 16.0 Å². The van der Waals surface area contributed by atoms with Crippen LogP contribution in [0, 0.1) is 5.92 Å². The van der Waals surface area contributed by atoms with E-state index >= 15 is 0 Å². The number of carbonyl (C=O) groups is 1. The normalized spacial score (nSPS) is 25.1. The van der Waals surface area contributed by atoms with E-state index in [-0.39, 0.29) is 17.9 Å². The first-order valence-corrected chi connectivity index (χ1v) is 10.6. The molecule has 0 saturated carbocycles. The fourth-order valence-electron chi connectivity index (χ4n) is 4.27. The number of carbonyl (C=O) groups excluding carboxylic acids is 1. The van der Waals surface area contributed by atoms with Crippen molar-refractivity contribution in [3.63, 3.8) is 0 Å². The fraction of sp³-hybridized carbons (Fsp3) is 0.682. The van der Waals surface area contributed by atoms with Gasteiger partial charge >= 0.3 is 0 Å². The SMILES string of the molecule is N[C@H]1CC[C@@H](C(=O)NCCCCc2ccccc2)CN(C2CCOCC2)C1. The highest BCUT2D eigenvalue weighted by molar-refractivity contribution is 5.78. The van der Waals surface area contributed by atoms with Gasteiger partial charge in [-0.15, -0.1) is 0 Å². The van der Waals surface area contributed by atoms with Gasteiger partial charge in [-0.2, -0.15) is 0 Å². The highest BCUT2D eigenvalue weighted by Crippen LogP contribution is 2.22. The second-order valence-corrected chi connectivity index (χ2v) is 8.07. The maximum absolute atomic E-state index is 12.7. The van der Waals surface area contributed by atoms with Gasteiger partial charge in [0.25, 0.3) is 0 Å². The predicted molar refractivity (Wildman–Crippen MR) is 109 cm³/mol. The highest BCUT2D eigenvalue weighted by atomic mass is 16.5. The first-order chi connectivity index (χ1) is 13.2. The van der Waals surface area contributed by atoms with E-state index in [0.29, 0.717) is 6.04 Å². The summed E-state index contributed by atoms with van der Waals surface area (Å²) in [4.78, 5) is 15.2. The number of nitrogens with zero attached hydrogens (tertiary/aromatic N) is 1. The van der Waals surface area contributed by atoms with Crippen molar-refractivity contribution in [3.8, 4) is 0 Å². The molecule has 0 aliphatic carbocycles. The molecule has 3 rings (SSSR count). The minimum absolute atomic E-state index is 0.0653. The van der Waals surface area contributed by atoms with Crippen LogP contribution in [0.3, 0.4) is 0 Å². The molecule has 2 aliphatic rings. The lowest BCUT2D eigenvalue weighted by Gasteiger charge is -2.35. The number of nitrogens with one attached hydrogen (secondary N) is 1. The minimum atomic E-state index is 0.0653. The van der Waals surface area contributed by atoms with Gasteiger partial charge in [-0.05, 0) is 50.5 Å².